The normalized spacial score (nSPS) is 11.6. The Bertz CT molecular complexity index is 643. The van der Waals surface area contributed by atoms with E-state index in [0.717, 1.165) is 0 Å². The number of ether oxygens (including phenoxy) is 2. The van der Waals surface area contributed by atoms with Crippen molar-refractivity contribution in [1.82, 2.24) is 0 Å². The van der Waals surface area contributed by atoms with Crippen LogP contribution in [0.1, 0.15) is 20.3 Å². The molecule has 2 aromatic rings. The molecule has 0 aromatic heterocycles. The molecule has 0 radical (unpaired) electrons. The topological polar surface area (TPSA) is 47.6 Å². The third kappa shape index (κ3) is 4.98. The van der Waals surface area contributed by atoms with Crippen molar-refractivity contribution in [2.45, 2.75) is 26.4 Å². The van der Waals surface area contributed by atoms with Gasteiger partial charge < -0.3 is 14.8 Å². The van der Waals surface area contributed by atoms with Crippen LogP contribution in [0.4, 0.5) is 10.1 Å². The summed E-state index contributed by atoms with van der Waals surface area (Å²) in [5, 5.41) is 2.81. The van der Waals surface area contributed by atoms with E-state index in [1.807, 2.05) is 26.0 Å². The average molecular weight is 317 g/mol. The first kappa shape index (κ1) is 16.8. The predicted molar refractivity (Wildman–Crippen MR) is 87.3 cm³/mol. The lowest BCUT2D eigenvalue weighted by Gasteiger charge is -2.17. The van der Waals surface area contributed by atoms with Gasteiger partial charge >= 0.3 is 0 Å². The summed E-state index contributed by atoms with van der Waals surface area (Å²) in [6, 6.07) is 12.8. The number of nitrogens with one attached hydrogen (secondary N) is 1. The van der Waals surface area contributed by atoms with Crippen LogP contribution in [0.15, 0.2) is 48.5 Å². The van der Waals surface area contributed by atoms with Gasteiger partial charge in [-0.3, -0.25) is 4.79 Å². The summed E-state index contributed by atoms with van der Waals surface area (Å²) >= 11 is 0. The lowest BCUT2D eigenvalue weighted by atomic mass is 10.2. The molecule has 2 rings (SSSR count). The van der Waals surface area contributed by atoms with Crippen molar-refractivity contribution in [1.29, 1.82) is 0 Å². The van der Waals surface area contributed by atoms with Crippen LogP contribution >= 0.6 is 0 Å². The van der Waals surface area contributed by atoms with Gasteiger partial charge in [0.25, 0.3) is 5.91 Å². The molecular formula is C18H20FNO3. The Balaban J connectivity index is 2.02. The van der Waals surface area contributed by atoms with Gasteiger partial charge in [0.2, 0.25) is 0 Å². The molecule has 0 saturated carbocycles. The molecule has 0 aliphatic rings. The van der Waals surface area contributed by atoms with Crippen LogP contribution in [0.3, 0.4) is 0 Å². The maximum absolute atomic E-state index is 12.9. The van der Waals surface area contributed by atoms with Gasteiger partial charge in [0.15, 0.2) is 6.10 Å². The molecule has 1 atom stereocenters. The zero-order valence-electron chi connectivity index (χ0n) is 13.2. The summed E-state index contributed by atoms with van der Waals surface area (Å²) in [6.45, 7) is 4.31. The lowest BCUT2D eigenvalue weighted by Crippen LogP contribution is -2.32. The number of hydrogen-bond donors (Lipinski definition) is 1. The quantitative estimate of drug-likeness (QED) is 0.839. The number of carbonyl (C=O) groups is 1. The highest BCUT2D eigenvalue weighted by Gasteiger charge is 2.18. The molecule has 4 nitrogen and oxygen atoms in total. The third-order valence-electron chi connectivity index (χ3n) is 3.17. The minimum absolute atomic E-state index is 0.259. The van der Waals surface area contributed by atoms with E-state index in [-0.39, 0.29) is 11.7 Å². The van der Waals surface area contributed by atoms with Crippen molar-refractivity contribution >= 4 is 11.6 Å². The van der Waals surface area contributed by atoms with Crippen molar-refractivity contribution in [3.05, 3.63) is 54.3 Å². The summed E-state index contributed by atoms with van der Waals surface area (Å²) in [5.41, 5.74) is 0.641. The molecule has 1 N–H and O–H groups in total. The maximum Gasteiger partial charge on any atom is 0.265 e. The lowest BCUT2D eigenvalue weighted by molar-refractivity contribution is -0.122. The van der Waals surface area contributed by atoms with Crippen molar-refractivity contribution in [3.63, 3.8) is 0 Å². The highest BCUT2D eigenvalue weighted by Crippen LogP contribution is 2.19. The zero-order chi connectivity index (χ0) is 16.7. The first-order chi connectivity index (χ1) is 11.1. The molecular weight excluding hydrogens is 297 g/mol. The minimum atomic E-state index is -0.656. The number of rotatable bonds is 7. The average Bonchev–Trinajstić information content (AvgIpc) is 2.55. The van der Waals surface area contributed by atoms with Crippen LogP contribution in [0, 0.1) is 5.82 Å². The van der Waals surface area contributed by atoms with Gasteiger partial charge in [-0.1, -0.05) is 13.0 Å². The molecule has 0 unspecified atom stereocenters. The molecule has 0 heterocycles. The Labute approximate surface area is 135 Å². The highest BCUT2D eigenvalue weighted by molar-refractivity contribution is 5.94. The molecule has 5 heteroatoms. The van der Waals surface area contributed by atoms with Crippen LogP contribution in [-0.4, -0.2) is 18.6 Å². The zero-order valence-corrected chi connectivity index (χ0v) is 13.2. The predicted octanol–water partition coefficient (Wildman–Crippen LogP) is 4.02. The Hall–Kier alpha value is -2.56. The molecule has 23 heavy (non-hydrogen) atoms. The summed E-state index contributed by atoms with van der Waals surface area (Å²) < 4.78 is 23.9. The van der Waals surface area contributed by atoms with Gasteiger partial charge in [0.1, 0.15) is 17.3 Å². The Kier molecular flexibility index (Phi) is 5.97. The second-order valence-corrected chi connectivity index (χ2v) is 4.92. The number of amides is 1. The largest absolute Gasteiger partial charge is 0.494 e. The van der Waals surface area contributed by atoms with Crippen molar-refractivity contribution in [2.24, 2.45) is 0 Å². The van der Waals surface area contributed by atoms with E-state index >= 15 is 0 Å². The second-order valence-electron chi connectivity index (χ2n) is 4.92. The van der Waals surface area contributed by atoms with Crippen molar-refractivity contribution in [2.75, 3.05) is 11.9 Å². The van der Waals surface area contributed by atoms with Gasteiger partial charge in [-0.25, -0.2) is 4.39 Å². The SMILES string of the molecule is CCOc1cccc(NC(=O)[C@@H](CC)Oc2ccc(F)cc2)c1. The van der Waals surface area contributed by atoms with Crippen molar-refractivity contribution in [3.8, 4) is 11.5 Å². The van der Waals surface area contributed by atoms with Gasteiger partial charge in [0, 0.05) is 11.8 Å². The maximum atomic E-state index is 12.9. The van der Waals surface area contributed by atoms with Crippen LogP contribution in [0.25, 0.3) is 0 Å². The van der Waals surface area contributed by atoms with E-state index in [1.165, 1.54) is 24.3 Å². The molecule has 0 saturated heterocycles. The van der Waals surface area contributed by atoms with Crippen LogP contribution in [0.5, 0.6) is 11.5 Å². The summed E-state index contributed by atoms with van der Waals surface area (Å²) in [6.07, 6.45) is -0.162. The molecule has 122 valence electrons. The fourth-order valence-electron chi connectivity index (χ4n) is 2.05. The second kappa shape index (κ2) is 8.17. The van der Waals surface area contributed by atoms with E-state index in [0.29, 0.717) is 30.2 Å². The summed E-state index contributed by atoms with van der Waals surface area (Å²) in [7, 11) is 0. The smallest absolute Gasteiger partial charge is 0.265 e. The Morgan fingerprint density at radius 3 is 2.52 bits per heavy atom. The molecule has 0 bridgehead atoms. The number of hydrogen-bond acceptors (Lipinski definition) is 3. The third-order valence-corrected chi connectivity index (χ3v) is 3.17. The van der Waals surface area contributed by atoms with E-state index in [9.17, 15) is 9.18 Å². The standard InChI is InChI=1S/C18H20FNO3/c1-3-17(23-15-10-8-13(19)9-11-15)18(21)20-14-6-5-7-16(12-14)22-4-2/h5-12,17H,3-4H2,1-2H3,(H,20,21)/t17-/m1/s1. The number of halogens is 1. The van der Waals surface area contributed by atoms with Gasteiger partial charge in [-0.15, -0.1) is 0 Å². The fraction of sp³-hybridized carbons (Fsp3) is 0.278. The van der Waals surface area contributed by atoms with Gasteiger partial charge in [0.05, 0.1) is 6.61 Å². The monoisotopic (exact) mass is 317 g/mol. The van der Waals surface area contributed by atoms with Crippen LogP contribution < -0.4 is 14.8 Å². The van der Waals surface area contributed by atoms with Gasteiger partial charge in [-0.05, 0) is 49.7 Å². The first-order valence-corrected chi connectivity index (χ1v) is 7.58. The van der Waals surface area contributed by atoms with E-state index < -0.39 is 6.10 Å². The molecule has 0 fully saturated rings. The van der Waals surface area contributed by atoms with Crippen LogP contribution in [-0.2, 0) is 4.79 Å². The van der Waals surface area contributed by atoms with E-state index in [4.69, 9.17) is 9.47 Å². The summed E-state index contributed by atoms with van der Waals surface area (Å²) in [5.74, 6) is 0.544. The minimum Gasteiger partial charge on any atom is -0.494 e. The van der Waals surface area contributed by atoms with Crippen molar-refractivity contribution < 1.29 is 18.7 Å². The molecule has 1 amide bonds. The van der Waals surface area contributed by atoms with E-state index in [1.54, 1.807) is 12.1 Å². The highest BCUT2D eigenvalue weighted by atomic mass is 19.1. The Morgan fingerprint density at radius 1 is 1.13 bits per heavy atom. The molecule has 0 aliphatic carbocycles. The Morgan fingerprint density at radius 2 is 1.87 bits per heavy atom. The fourth-order valence-corrected chi connectivity index (χ4v) is 2.05. The molecule has 0 aliphatic heterocycles. The number of anilines is 1. The number of carbonyl (C=O) groups excluding carboxylic acids is 1. The first-order valence-electron chi connectivity index (χ1n) is 7.58. The number of benzene rings is 2. The van der Waals surface area contributed by atoms with Gasteiger partial charge in [-0.2, -0.15) is 0 Å². The van der Waals surface area contributed by atoms with E-state index in [2.05, 4.69) is 5.32 Å². The molecule has 2 aromatic carbocycles. The molecule has 0 spiro atoms. The summed E-state index contributed by atoms with van der Waals surface area (Å²) in [4.78, 5) is 12.3. The van der Waals surface area contributed by atoms with Crippen LogP contribution in [0.2, 0.25) is 0 Å².